The number of hydrogen-bond acceptors (Lipinski definition) is 1. The SMILES string of the molecule is Brc1ccsc1.[2HH]. The molecule has 0 spiro atoms. The fourth-order valence-electron chi connectivity index (χ4n) is 0.248. The van der Waals surface area contributed by atoms with Gasteiger partial charge >= 0.3 is 0 Å². The molecule has 34 valence electrons. The van der Waals surface area contributed by atoms with Crippen LogP contribution in [0.1, 0.15) is 1.43 Å². The van der Waals surface area contributed by atoms with Crippen molar-refractivity contribution in [3.05, 3.63) is 21.3 Å². The highest BCUT2D eigenvalue weighted by Gasteiger charge is 1.77. The zero-order valence-corrected chi connectivity index (χ0v) is 5.42. The van der Waals surface area contributed by atoms with Crippen molar-refractivity contribution in [2.75, 3.05) is 0 Å². The second-order valence-corrected chi connectivity index (χ2v) is 2.64. The molecule has 0 radical (unpaired) electrons. The number of hydrogen-bond donors (Lipinski definition) is 0. The first-order valence-electron chi connectivity index (χ1n) is 1.57. The van der Waals surface area contributed by atoms with Gasteiger partial charge in [0.15, 0.2) is 0 Å². The van der Waals surface area contributed by atoms with Gasteiger partial charge in [-0.05, 0) is 27.4 Å². The van der Waals surface area contributed by atoms with Gasteiger partial charge in [-0.3, -0.25) is 0 Å². The van der Waals surface area contributed by atoms with Crippen molar-refractivity contribution in [1.82, 2.24) is 0 Å². The lowest BCUT2D eigenvalue weighted by atomic mass is 10.7. The van der Waals surface area contributed by atoms with E-state index in [1.165, 1.54) is 4.47 Å². The van der Waals surface area contributed by atoms with E-state index < -0.39 is 0 Å². The smallest absolute Gasteiger partial charge is 0.0282 e. The first kappa shape index (κ1) is 4.34. The van der Waals surface area contributed by atoms with Crippen LogP contribution in [0, 0.1) is 0 Å². The third kappa shape index (κ3) is 0.820. The first-order chi connectivity index (χ1) is 2.89. The predicted molar refractivity (Wildman–Crippen MR) is 34.1 cm³/mol. The normalized spacial score (nSPS) is 8.83. The lowest BCUT2D eigenvalue weighted by Crippen LogP contribution is -1.34. The molecule has 0 atom stereocenters. The molecule has 0 saturated carbocycles. The summed E-state index contributed by atoms with van der Waals surface area (Å²) >= 11 is 4.98. The second kappa shape index (κ2) is 1.76. The maximum atomic E-state index is 3.29. The summed E-state index contributed by atoms with van der Waals surface area (Å²) in [5.41, 5.74) is 0. The van der Waals surface area contributed by atoms with Gasteiger partial charge in [-0.1, -0.05) is 0 Å². The molecule has 2 heteroatoms. The van der Waals surface area contributed by atoms with Gasteiger partial charge in [-0.2, -0.15) is 11.3 Å². The fourth-order valence-corrected chi connectivity index (χ4v) is 1.39. The molecule has 1 aromatic heterocycles. The minimum Gasteiger partial charge on any atom is -0.151 e. The molecular weight excluding hydrogens is 160 g/mol. The highest BCUT2D eigenvalue weighted by Crippen LogP contribution is 2.11. The molecule has 0 unspecified atom stereocenters. The Bertz CT molecular complexity index is 115. The Morgan fingerprint density at radius 2 is 2.67 bits per heavy atom. The van der Waals surface area contributed by atoms with E-state index in [9.17, 15) is 0 Å². The van der Waals surface area contributed by atoms with Crippen molar-refractivity contribution in [2.45, 2.75) is 0 Å². The van der Waals surface area contributed by atoms with Gasteiger partial charge < -0.3 is 0 Å². The van der Waals surface area contributed by atoms with Gasteiger partial charge in [0.25, 0.3) is 0 Å². The van der Waals surface area contributed by atoms with Crippen LogP contribution in [0.25, 0.3) is 0 Å². The van der Waals surface area contributed by atoms with Gasteiger partial charge in [-0.15, -0.1) is 0 Å². The molecule has 0 aliphatic heterocycles. The highest BCUT2D eigenvalue weighted by atomic mass is 79.9. The van der Waals surface area contributed by atoms with Crippen LogP contribution in [0.2, 0.25) is 0 Å². The quantitative estimate of drug-likeness (QED) is 0.555. The van der Waals surface area contributed by atoms with Crippen LogP contribution in [0.15, 0.2) is 21.3 Å². The maximum absolute atomic E-state index is 3.29. The van der Waals surface area contributed by atoms with Crippen molar-refractivity contribution in [1.29, 1.82) is 0 Å². The summed E-state index contributed by atoms with van der Waals surface area (Å²) in [7, 11) is 0. The average molecular weight is 166 g/mol. The second-order valence-electron chi connectivity index (χ2n) is 0.942. The molecule has 0 aliphatic carbocycles. The van der Waals surface area contributed by atoms with E-state index in [2.05, 4.69) is 15.9 Å². The minimum atomic E-state index is 0. The Balaban J connectivity index is 0.000000360. The molecule has 1 rings (SSSR count). The summed E-state index contributed by atoms with van der Waals surface area (Å²) in [6, 6.07) is 2.02. The van der Waals surface area contributed by atoms with Crippen LogP contribution in [0.3, 0.4) is 0 Å². The van der Waals surface area contributed by atoms with E-state index in [-0.39, 0.29) is 1.43 Å². The van der Waals surface area contributed by atoms with E-state index in [1.54, 1.807) is 11.3 Å². The summed E-state index contributed by atoms with van der Waals surface area (Å²) in [6.45, 7) is 0. The van der Waals surface area contributed by atoms with Crippen LogP contribution in [0.4, 0.5) is 0 Å². The molecule has 0 saturated heterocycles. The van der Waals surface area contributed by atoms with E-state index in [4.69, 9.17) is 0 Å². The van der Waals surface area contributed by atoms with Crippen LogP contribution >= 0.6 is 27.3 Å². The molecule has 1 aromatic rings. The lowest BCUT2D eigenvalue weighted by molar-refractivity contribution is 1.90. The zero-order valence-electron chi connectivity index (χ0n) is 3.02. The van der Waals surface area contributed by atoms with Gasteiger partial charge in [0.1, 0.15) is 0 Å². The van der Waals surface area contributed by atoms with Crippen molar-refractivity contribution in [3.63, 3.8) is 0 Å². The standard InChI is InChI=1S/C4H3BrS.H2/c5-4-1-2-6-3-4;/h1-3H;1H/i;1+1. The molecule has 0 bridgehead atoms. The van der Waals surface area contributed by atoms with E-state index in [0.29, 0.717) is 0 Å². The Kier molecular flexibility index (Phi) is 1.27. The molecule has 6 heavy (non-hydrogen) atoms. The van der Waals surface area contributed by atoms with Gasteiger partial charge in [0, 0.05) is 11.3 Å². The predicted octanol–water partition coefficient (Wildman–Crippen LogP) is 2.76. The summed E-state index contributed by atoms with van der Waals surface area (Å²) in [5.74, 6) is 0. The summed E-state index contributed by atoms with van der Waals surface area (Å²) in [5, 5.41) is 4.07. The van der Waals surface area contributed by atoms with Gasteiger partial charge in [0.2, 0.25) is 0 Å². The zero-order chi connectivity index (χ0) is 4.41. The lowest BCUT2D eigenvalue weighted by Gasteiger charge is -1.62. The number of thiophene rings is 1. The molecule has 0 aromatic carbocycles. The van der Waals surface area contributed by atoms with Crippen molar-refractivity contribution < 1.29 is 1.43 Å². The first-order valence-corrected chi connectivity index (χ1v) is 3.31. The Morgan fingerprint density at radius 1 is 1.83 bits per heavy atom. The molecule has 0 amide bonds. The molecule has 0 fully saturated rings. The topological polar surface area (TPSA) is 0 Å². The van der Waals surface area contributed by atoms with Crippen LogP contribution in [0.5, 0.6) is 0 Å². The largest absolute Gasteiger partial charge is 0.151 e. The number of halogens is 1. The Labute approximate surface area is 50.4 Å². The van der Waals surface area contributed by atoms with Crippen LogP contribution in [-0.4, -0.2) is 0 Å². The molecule has 0 nitrogen and oxygen atoms in total. The summed E-state index contributed by atoms with van der Waals surface area (Å²) < 4.78 is 1.17. The van der Waals surface area contributed by atoms with E-state index >= 15 is 0 Å². The maximum Gasteiger partial charge on any atom is 0.0282 e. The third-order valence-electron chi connectivity index (χ3n) is 0.486. The monoisotopic (exact) mass is 165 g/mol. The molecule has 1 heterocycles. The van der Waals surface area contributed by atoms with Crippen molar-refractivity contribution in [2.24, 2.45) is 0 Å². The van der Waals surface area contributed by atoms with E-state index in [1.807, 2.05) is 16.8 Å². The summed E-state index contributed by atoms with van der Waals surface area (Å²) in [6.07, 6.45) is 0. The highest BCUT2D eigenvalue weighted by molar-refractivity contribution is 9.10. The fraction of sp³-hybridized carbons (Fsp3) is 0. The van der Waals surface area contributed by atoms with Gasteiger partial charge in [-0.25, -0.2) is 0 Å². The van der Waals surface area contributed by atoms with Crippen molar-refractivity contribution in [3.8, 4) is 0 Å². The Morgan fingerprint density at radius 3 is 2.83 bits per heavy atom. The van der Waals surface area contributed by atoms with Crippen molar-refractivity contribution >= 4 is 27.3 Å². The Hall–Kier alpha value is 0.180. The summed E-state index contributed by atoms with van der Waals surface area (Å²) in [4.78, 5) is 0. The minimum absolute atomic E-state index is 0. The van der Waals surface area contributed by atoms with Crippen LogP contribution < -0.4 is 0 Å². The van der Waals surface area contributed by atoms with Crippen LogP contribution in [-0.2, 0) is 0 Å². The number of rotatable bonds is 0. The van der Waals surface area contributed by atoms with E-state index in [0.717, 1.165) is 0 Å². The van der Waals surface area contributed by atoms with Gasteiger partial charge in [0.05, 0.1) is 0 Å². The average Bonchev–Trinajstić information content (AvgIpc) is 1.86. The molecule has 0 N–H and O–H groups in total. The third-order valence-corrected chi connectivity index (χ3v) is 1.97. The molecular formula is C4H5BrS. The molecule has 0 aliphatic rings.